The molecule has 0 radical (unpaired) electrons. The van der Waals surface area contributed by atoms with E-state index in [0.717, 1.165) is 0 Å². The molecule has 3 amide bonds. The number of terminal acetylenes is 1. The average Bonchev–Trinajstić information content (AvgIpc) is 2.82. The van der Waals surface area contributed by atoms with Crippen LogP contribution >= 0.6 is 0 Å². The van der Waals surface area contributed by atoms with Gasteiger partial charge in [0.1, 0.15) is 12.3 Å². The van der Waals surface area contributed by atoms with Crippen LogP contribution in [0.2, 0.25) is 0 Å². The van der Waals surface area contributed by atoms with Crippen molar-refractivity contribution in [3.05, 3.63) is 29.5 Å². The summed E-state index contributed by atoms with van der Waals surface area (Å²) in [5.41, 5.74) is 0.960. The summed E-state index contributed by atoms with van der Waals surface area (Å²) in [6, 6.07) is 4.83. The lowest BCUT2D eigenvalue weighted by Crippen LogP contribution is -2.31. The van der Waals surface area contributed by atoms with E-state index in [9.17, 15) is 9.59 Å². The van der Waals surface area contributed by atoms with Crippen molar-refractivity contribution in [3.8, 4) is 23.8 Å². The summed E-state index contributed by atoms with van der Waals surface area (Å²) in [5.74, 6) is 3.14. The van der Waals surface area contributed by atoms with Crippen molar-refractivity contribution >= 4 is 18.0 Å². The number of ether oxygens (including phenoxy) is 2. The minimum Gasteiger partial charge on any atom is -0.490 e. The normalized spacial score (nSPS) is 15.4. The second-order valence-corrected chi connectivity index (χ2v) is 5.08. The number of urea groups is 1. The number of carbonyl (C=O) groups is 2. The first-order valence-electron chi connectivity index (χ1n) is 7.78. The minimum absolute atomic E-state index is 0.140. The van der Waals surface area contributed by atoms with Gasteiger partial charge in [0.2, 0.25) is 0 Å². The van der Waals surface area contributed by atoms with E-state index < -0.39 is 6.03 Å². The summed E-state index contributed by atoms with van der Waals surface area (Å²) in [7, 11) is 0. The Balaban J connectivity index is 2.26. The Labute approximate surface area is 141 Å². The molecule has 0 unspecified atom stereocenters. The van der Waals surface area contributed by atoms with E-state index in [4.69, 9.17) is 15.9 Å². The molecule has 6 nitrogen and oxygen atoms in total. The van der Waals surface area contributed by atoms with Gasteiger partial charge in [0.15, 0.2) is 11.5 Å². The number of amides is 3. The Hall–Kier alpha value is -2.94. The van der Waals surface area contributed by atoms with Crippen molar-refractivity contribution in [2.45, 2.75) is 20.3 Å². The predicted molar refractivity (Wildman–Crippen MR) is 90.5 cm³/mol. The molecule has 1 aromatic carbocycles. The van der Waals surface area contributed by atoms with Crippen LogP contribution in [0.4, 0.5) is 4.79 Å². The second-order valence-electron chi connectivity index (χ2n) is 5.08. The summed E-state index contributed by atoms with van der Waals surface area (Å²) >= 11 is 0. The van der Waals surface area contributed by atoms with Crippen molar-refractivity contribution in [1.29, 1.82) is 0 Å². The lowest BCUT2D eigenvalue weighted by atomic mass is 10.1. The highest BCUT2D eigenvalue weighted by Gasteiger charge is 2.32. The molecule has 1 aromatic rings. The maximum Gasteiger partial charge on any atom is 0.329 e. The first-order chi connectivity index (χ1) is 11.6. The largest absolute Gasteiger partial charge is 0.490 e. The summed E-state index contributed by atoms with van der Waals surface area (Å²) in [4.78, 5) is 25.2. The van der Waals surface area contributed by atoms with Crippen LogP contribution in [0.15, 0.2) is 23.9 Å². The fourth-order valence-electron chi connectivity index (χ4n) is 2.29. The van der Waals surface area contributed by atoms with Crippen LogP contribution in [0, 0.1) is 12.3 Å². The summed E-state index contributed by atoms with van der Waals surface area (Å²) in [5, 5.41) is 2.59. The molecule has 1 heterocycles. The van der Waals surface area contributed by atoms with Gasteiger partial charge in [0, 0.05) is 6.54 Å². The van der Waals surface area contributed by atoms with Gasteiger partial charge >= 0.3 is 6.03 Å². The number of hydrogen-bond acceptors (Lipinski definition) is 4. The van der Waals surface area contributed by atoms with Crippen LogP contribution in [-0.2, 0) is 4.79 Å². The molecule has 6 heteroatoms. The van der Waals surface area contributed by atoms with Crippen LogP contribution in [0.5, 0.6) is 11.5 Å². The van der Waals surface area contributed by atoms with Crippen molar-refractivity contribution in [1.82, 2.24) is 10.2 Å². The van der Waals surface area contributed by atoms with E-state index in [1.54, 1.807) is 24.3 Å². The number of imide groups is 1. The topological polar surface area (TPSA) is 67.9 Å². The van der Waals surface area contributed by atoms with Crippen molar-refractivity contribution < 1.29 is 19.1 Å². The summed E-state index contributed by atoms with van der Waals surface area (Å²) in [6.07, 6.45) is 7.52. The Morgan fingerprint density at radius 1 is 1.25 bits per heavy atom. The van der Waals surface area contributed by atoms with E-state index in [2.05, 4.69) is 11.2 Å². The predicted octanol–water partition coefficient (Wildman–Crippen LogP) is 2.40. The monoisotopic (exact) mass is 328 g/mol. The summed E-state index contributed by atoms with van der Waals surface area (Å²) < 4.78 is 11.0. The molecule has 1 N–H and O–H groups in total. The number of rotatable bonds is 7. The van der Waals surface area contributed by atoms with E-state index in [-0.39, 0.29) is 18.2 Å². The van der Waals surface area contributed by atoms with E-state index >= 15 is 0 Å². The highest BCUT2D eigenvalue weighted by molar-refractivity contribution is 6.13. The molecule has 0 spiro atoms. The quantitative estimate of drug-likeness (QED) is 0.474. The van der Waals surface area contributed by atoms with E-state index in [0.29, 0.717) is 36.6 Å². The number of nitrogens with zero attached hydrogens (tertiary/aromatic N) is 1. The third kappa shape index (κ3) is 3.87. The number of nitrogens with one attached hydrogen (secondary N) is 1. The highest BCUT2D eigenvalue weighted by atomic mass is 16.5. The molecule has 0 bridgehead atoms. The number of benzene rings is 1. The molecule has 1 aliphatic rings. The molecule has 1 aliphatic heterocycles. The third-order valence-electron chi connectivity index (χ3n) is 3.30. The Morgan fingerprint density at radius 2 is 2.04 bits per heavy atom. The fourth-order valence-corrected chi connectivity index (χ4v) is 2.29. The molecular formula is C18H20N2O4. The van der Waals surface area contributed by atoms with Crippen LogP contribution in [0.25, 0.3) is 6.08 Å². The Kier molecular flexibility index (Phi) is 5.85. The highest BCUT2D eigenvalue weighted by Crippen LogP contribution is 2.29. The molecule has 2 rings (SSSR count). The first kappa shape index (κ1) is 17.4. The van der Waals surface area contributed by atoms with Crippen LogP contribution < -0.4 is 14.8 Å². The smallest absolute Gasteiger partial charge is 0.329 e. The van der Waals surface area contributed by atoms with Gasteiger partial charge in [-0.05, 0) is 37.1 Å². The molecule has 126 valence electrons. The van der Waals surface area contributed by atoms with Gasteiger partial charge in [-0.25, -0.2) is 4.79 Å². The van der Waals surface area contributed by atoms with Crippen LogP contribution in [0.1, 0.15) is 25.8 Å². The lowest BCUT2D eigenvalue weighted by Gasteiger charge is -2.11. The van der Waals surface area contributed by atoms with E-state index in [1.807, 2.05) is 13.8 Å². The number of carbonyl (C=O) groups excluding carboxylic acids is 2. The maximum absolute atomic E-state index is 12.2. The van der Waals surface area contributed by atoms with Crippen molar-refractivity contribution in [2.24, 2.45) is 0 Å². The van der Waals surface area contributed by atoms with Gasteiger partial charge < -0.3 is 14.8 Å². The molecule has 0 saturated carbocycles. The third-order valence-corrected chi connectivity index (χ3v) is 3.30. The lowest BCUT2D eigenvalue weighted by molar-refractivity contribution is -0.122. The first-order valence-corrected chi connectivity index (χ1v) is 7.78. The SMILES string of the molecule is C#CCOc1ccc(/C=C2/NC(=O)N(CCC)C2=O)cc1OCC. The zero-order chi connectivity index (χ0) is 17.5. The Bertz CT molecular complexity index is 703. The maximum atomic E-state index is 12.2. The standard InChI is InChI=1S/C18H20N2O4/c1-4-9-20-17(21)14(19-18(20)22)11-13-7-8-15(24-10-5-2)16(12-13)23-6-3/h2,7-8,11-12H,4,6,9-10H2,1,3H3,(H,19,22)/b14-11+. The second kappa shape index (κ2) is 8.06. The number of hydrogen-bond donors (Lipinski definition) is 1. The van der Waals surface area contributed by atoms with Crippen molar-refractivity contribution in [3.63, 3.8) is 0 Å². The zero-order valence-corrected chi connectivity index (χ0v) is 13.8. The molecule has 0 aliphatic carbocycles. The molecule has 0 aromatic heterocycles. The fraction of sp³-hybridized carbons (Fsp3) is 0.333. The minimum atomic E-state index is -0.396. The van der Waals surface area contributed by atoms with Gasteiger partial charge in [-0.2, -0.15) is 0 Å². The summed E-state index contributed by atoms with van der Waals surface area (Å²) in [6.45, 7) is 4.77. The van der Waals surface area contributed by atoms with Crippen LogP contribution in [0.3, 0.4) is 0 Å². The van der Waals surface area contributed by atoms with Gasteiger partial charge in [-0.1, -0.05) is 18.9 Å². The van der Waals surface area contributed by atoms with Gasteiger partial charge in [0.25, 0.3) is 5.91 Å². The van der Waals surface area contributed by atoms with E-state index in [1.165, 1.54) is 4.90 Å². The zero-order valence-electron chi connectivity index (χ0n) is 13.8. The van der Waals surface area contributed by atoms with Crippen molar-refractivity contribution in [2.75, 3.05) is 19.8 Å². The molecule has 0 atom stereocenters. The molecule has 1 fully saturated rings. The van der Waals surface area contributed by atoms with Gasteiger partial charge in [-0.15, -0.1) is 6.42 Å². The molecular weight excluding hydrogens is 308 g/mol. The van der Waals surface area contributed by atoms with Gasteiger partial charge in [-0.3, -0.25) is 9.69 Å². The Morgan fingerprint density at radius 3 is 2.71 bits per heavy atom. The molecule has 24 heavy (non-hydrogen) atoms. The van der Waals surface area contributed by atoms with Gasteiger partial charge in [0.05, 0.1) is 6.61 Å². The molecule has 1 saturated heterocycles. The average molecular weight is 328 g/mol. The van der Waals surface area contributed by atoms with Crippen LogP contribution in [-0.4, -0.2) is 36.6 Å².